The van der Waals surface area contributed by atoms with Crippen LogP contribution in [0.5, 0.6) is 5.75 Å². The van der Waals surface area contributed by atoms with E-state index in [4.69, 9.17) is 0 Å². The van der Waals surface area contributed by atoms with Crippen LogP contribution < -0.4 is 5.32 Å². The SMILES string of the molecule is O=C(Nc1c(Br)cccc1Br)c1cccc(O)c1. The highest BCUT2D eigenvalue weighted by atomic mass is 79.9. The molecular formula is C13H9Br2NO2. The lowest BCUT2D eigenvalue weighted by Crippen LogP contribution is -2.12. The van der Waals surface area contributed by atoms with Crippen molar-refractivity contribution in [2.45, 2.75) is 0 Å². The molecule has 3 nitrogen and oxygen atoms in total. The number of carbonyl (C=O) groups excluding carboxylic acids is 1. The van der Waals surface area contributed by atoms with E-state index in [0.717, 1.165) is 8.95 Å². The predicted molar refractivity (Wildman–Crippen MR) is 77.9 cm³/mol. The lowest BCUT2D eigenvalue weighted by atomic mass is 10.2. The molecule has 0 aliphatic heterocycles. The summed E-state index contributed by atoms with van der Waals surface area (Å²) in [6, 6.07) is 11.7. The van der Waals surface area contributed by atoms with Crippen LogP contribution in [0.4, 0.5) is 5.69 Å². The maximum Gasteiger partial charge on any atom is 0.255 e. The van der Waals surface area contributed by atoms with Gasteiger partial charge in [-0.2, -0.15) is 0 Å². The summed E-state index contributed by atoms with van der Waals surface area (Å²) in [5.74, 6) is -0.215. The minimum absolute atomic E-state index is 0.0637. The Balaban J connectivity index is 2.27. The topological polar surface area (TPSA) is 49.3 Å². The zero-order valence-corrected chi connectivity index (χ0v) is 12.3. The van der Waals surface area contributed by atoms with Crippen molar-refractivity contribution in [3.8, 4) is 5.75 Å². The number of hydrogen-bond acceptors (Lipinski definition) is 2. The van der Waals surface area contributed by atoms with Crippen molar-refractivity contribution < 1.29 is 9.90 Å². The summed E-state index contributed by atoms with van der Waals surface area (Å²) in [6.45, 7) is 0. The maximum atomic E-state index is 12.0. The number of phenolic OH excluding ortho intramolecular Hbond substituents is 1. The van der Waals surface area contributed by atoms with Crippen LogP contribution in [0.1, 0.15) is 10.4 Å². The molecule has 2 aromatic rings. The average molecular weight is 371 g/mol. The molecule has 0 aromatic heterocycles. The highest BCUT2D eigenvalue weighted by Crippen LogP contribution is 2.31. The largest absolute Gasteiger partial charge is 0.508 e. The van der Waals surface area contributed by atoms with Gasteiger partial charge in [0.15, 0.2) is 0 Å². The van der Waals surface area contributed by atoms with Gasteiger partial charge in [-0.1, -0.05) is 12.1 Å². The van der Waals surface area contributed by atoms with Gasteiger partial charge in [-0.15, -0.1) is 0 Å². The first kappa shape index (κ1) is 13.1. The number of rotatable bonds is 2. The van der Waals surface area contributed by atoms with Crippen LogP contribution in [0.3, 0.4) is 0 Å². The molecule has 0 saturated carbocycles. The summed E-state index contributed by atoms with van der Waals surface area (Å²) in [5, 5.41) is 12.1. The Hall–Kier alpha value is -1.33. The second-order valence-electron chi connectivity index (χ2n) is 3.60. The van der Waals surface area contributed by atoms with Crippen LogP contribution in [0.25, 0.3) is 0 Å². The Morgan fingerprint density at radius 2 is 1.67 bits per heavy atom. The van der Waals surface area contributed by atoms with Crippen molar-refractivity contribution >= 4 is 43.5 Å². The Morgan fingerprint density at radius 3 is 2.28 bits per heavy atom. The lowest BCUT2D eigenvalue weighted by Gasteiger charge is -2.09. The van der Waals surface area contributed by atoms with Crippen molar-refractivity contribution in [2.75, 3.05) is 5.32 Å². The third kappa shape index (κ3) is 2.91. The van der Waals surface area contributed by atoms with E-state index in [9.17, 15) is 9.90 Å². The van der Waals surface area contributed by atoms with Crippen LogP contribution in [0.2, 0.25) is 0 Å². The van der Waals surface area contributed by atoms with E-state index < -0.39 is 0 Å². The van der Waals surface area contributed by atoms with Gasteiger partial charge < -0.3 is 10.4 Å². The molecule has 0 aliphatic carbocycles. The molecule has 0 heterocycles. The van der Waals surface area contributed by atoms with E-state index in [-0.39, 0.29) is 11.7 Å². The second kappa shape index (κ2) is 5.54. The van der Waals surface area contributed by atoms with Crippen LogP contribution >= 0.6 is 31.9 Å². The van der Waals surface area contributed by atoms with E-state index in [1.165, 1.54) is 12.1 Å². The summed E-state index contributed by atoms with van der Waals surface area (Å²) in [5.41, 5.74) is 1.06. The molecule has 0 bridgehead atoms. The number of carbonyl (C=O) groups is 1. The minimum atomic E-state index is -0.279. The zero-order chi connectivity index (χ0) is 13.1. The van der Waals surface area contributed by atoms with E-state index >= 15 is 0 Å². The molecule has 0 radical (unpaired) electrons. The third-order valence-corrected chi connectivity index (χ3v) is 3.63. The highest BCUT2D eigenvalue weighted by Gasteiger charge is 2.11. The number of anilines is 1. The molecule has 18 heavy (non-hydrogen) atoms. The number of benzene rings is 2. The molecule has 0 atom stereocenters. The first-order chi connectivity index (χ1) is 8.58. The van der Waals surface area contributed by atoms with Gasteiger partial charge in [-0.05, 0) is 62.2 Å². The molecule has 1 amide bonds. The van der Waals surface area contributed by atoms with Gasteiger partial charge in [-0.25, -0.2) is 0 Å². The summed E-state index contributed by atoms with van der Waals surface area (Å²) < 4.78 is 1.57. The molecule has 92 valence electrons. The van der Waals surface area contributed by atoms with Crippen LogP contribution in [0, 0.1) is 0 Å². The average Bonchev–Trinajstić information content (AvgIpc) is 2.34. The number of phenols is 1. The summed E-state index contributed by atoms with van der Waals surface area (Å²) in [7, 11) is 0. The van der Waals surface area contributed by atoms with E-state index in [2.05, 4.69) is 37.2 Å². The molecule has 0 fully saturated rings. The lowest BCUT2D eigenvalue weighted by molar-refractivity contribution is 0.102. The fourth-order valence-electron chi connectivity index (χ4n) is 1.45. The number of amides is 1. The number of para-hydroxylation sites is 1. The molecule has 2 rings (SSSR count). The standard InChI is InChI=1S/C13H9Br2NO2/c14-10-5-2-6-11(15)12(10)16-13(18)8-3-1-4-9(17)7-8/h1-7,17H,(H,16,18). The first-order valence-corrected chi connectivity index (χ1v) is 6.71. The molecule has 0 spiro atoms. The Labute approximate surface area is 121 Å². The van der Waals surface area contributed by atoms with Crippen LogP contribution in [0.15, 0.2) is 51.4 Å². The smallest absolute Gasteiger partial charge is 0.255 e. The molecule has 2 aromatic carbocycles. The van der Waals surface area contributed by atoms with E-state index in [0.29, 0.717) is 11.3 Å². The zero-order valence-electron chi connectivity index (χ0n) is 9.15. The quantitative estimate of drug-likeness (QED) is 0.833. The van der Waals surface area contributed by atoms with E-state index in [1.807, 2.05) is 18.2 Å². The fraction of sp³-hybridized carbons (Fsp3) is 0. The molecule has 2 N–H and O–H groups in total. The fourth-order valence-corrected chi connectivity index (χ4v) is 2.65. The number of nitrogens with one attached hydrogen (secondary N) is 1. The number of halogens is 2. The minimum Gasteiger partial charge on any atom is -0.508 e. The van der Waals surface area contributed by atoms with Gasteiger partial charge in [-0.3, -0.25) is 4.79 Å². The van der Waals surface area contributed by atoms with Crippen molar-refractivity contribution in [1.82, 2.24) is 0 Å². The van der Waals surface area contributed by atoms with Gasteiger partial charge in [0, 0.05) is 14.5 Å². The monoisotopic (exact) mass is 369 g/mol. The van der Waals surface area contributed by atoms with Gasteiger partial charge in [0.1, 0.15) is 5.75 Å². The van der Waals surface area contributed by atoms with Crippen molar-refractivity contribution in [1.29, 1.82) is 0 Å². The second-order valence-corrected chi connectivity index (χ2v) is 5.31. The Kier molecular flexibility index (Phi) is 4.04. The summed E-state index contributed by atoms with van der Waals surface area (Å²) in [4.78, 5) is 12.0. The Bertz CT molecular complexity index is 579. The van der Waals surface area contributed by atoms with Crippen LogP contribution in [-0.4, -0.2) is 11.0 Å². The molecule has 0 saturated heterocycles. The van der Waals surface area contributed by atoms with Crippen LogP contribution in [-0.2, 0) is 0 Å². The highest BCUT2D eigenvalue weighted by molar-refractivity contribution is 9.11. The first-order valence-electron chi connectivity index (χ1n) is 5.12. The van der Waals surface area contributed by atoms with Crippen molar-refractivity contribution in [3.63, 3.8) is 0 Å². The predicted octanol–water partition coefficient (Wildman–Crippen LogP) is 4.17. The van der Waals surface area contributed by atoms with Gasteiger partial charge in [0.2, 0.25) is 0 Å². The van der Waals surface area contributed by atoms with Crippen molar-refractivity contribution in [3.05, 3.63) is 57.0 Å². The van der Waals surface area contributed by atoms with Gasteiger partial charge >= 0.3 is 0 Å². The molecule has 0 unspecified atom stereocenters. The maximum absolute atomic E-state index is 12.0. The normalized spacial score (nSPS) is 10.1. The molecule has 0 aliphatic rings. The number of aromatic hydroxyl groups is 1. The van der Waals surface area contributed by atoms with Gasteiger partial charge in [0.25, 0.3) is 5.91 Å². The van der Waals surface area contributed by atoms with Gasteiger partial charge in [0.05, 0.1) is 5.69 Å². The summed E-state index contributed by atoms with van der Waals surface area (Å²) >= 11 is 6.74. The van der Waals surface area contributed by atoms with E-state index in [1.54, 1.807) is 12.1 Å². The molecule has 5 heteroatoms. The Morgan fingerprint density at radius 1 is 1.06 bits per heavy atom. The summed E-state index contributed by atoms with van der Waals surface area (Å²) in [6.07, 6.45) is 0. The molecular weight excluding hydrogens is 362 g/mol. The van der Waals surface area contributed by atoms with Crippen molar-refractivity contribution in [2.24, 2.45) is 0 Å². The number of hydrogen-bond donors (Lipinski definition) is 2. The third-order valence-electron chi connectivity index (χ3n) is 2.31.